The maximum atomic E-state index is 9.03. The molecule has 1 rings (SSSR count). The summed E-state index contributed by atoms with van der Waals surface area (Å²) >= 11 is 0. The molecule has 0 amide bonds. The van der Waals surface area contributed by atoms with E-state index in [2.05, 4.69) is 16.5 Å². The number of rotatable bonds is 16. The van der Waals surface area contributed by atoms with Gasteiger partial charge < -0.3 is 5.11 Å². The number of allylic oxidation sites excluding steroid dienone is 1. The van der Waals surface area contributed by atoms with E-state index in [9.17, 15) is 0 Å². The summed E-state index contributed by atoms with van der Waals surface area (Å²) < 4.78 is 0. The Hall–Kier alpha value is -0.670. The van der Waals surface area contributed by atoms with Gasteiger partial charge in [-0.3, -0.25) is 9.89 Å². The summed E-state index contributed by atoms with van der Waals surface area (Å²) in [5.74, 6) is 0. The standard InChI is InChI=1S/C20H38N2O/c1-2-3-4-5-6-7-8-9-10-11-12-13-14-15-20-21-16-17-22(20)18-19-23/h2,16,20,23H,1,3-15,17-19H2. The summed E-state index contributed by atoms with van der Waals surface area (Å²) in [6.07, 6.45) is 21.8. The Balaban J connectivity index is 1.79. The summed E-state index contributed by atoms with van der Waals surface area (Å²) in [7, 11) is 0. The van der Waals surface area contributed by atoms with Crippen LogP contribution in [0.25, 0.3) is 0 Å². The predicted molar refractivity (Wildman–Crippen MR) is 101 cm³/mol. The van der Waals surface area contributed by atoms with Crippen LogP contribution in [0.1, 0.15) is 83.5 Å². The van der Waals surface area contributed by atoms with E-state index in [-0.39, 0.29) is 6.61 Å². The Morgan fingerprint density at radius 3 is 2.09 bits per heavy atom. The van der Waals surface area contributed by atoms with E-state index in [0.29, 0.717) is 6.17 Å². The molecule has 23 heavy (non-hydrogen) atoms. The van der Waals surface area contributed by atoms with Gasteiger partial charge in [-0.25, -0.2) is 0 Å². The molecule has 1 unspecified atom stereocenters. The molecule has 1 aliphatic heterocycles. The van der Waals surface area contributed by atoms with Gasteiger partial charge >= 0.3 is 0 Å². The smallest absolute Gasteiger partial charge is 0.102 e. The molecule has 0 spiro atoms. The van der Waals surface area contributed by atoms with Gasteiger partial charge in [-0.15, -0.1) is 6.58 Å². The fraction of sp³-hybridized carbons (Fsp3) is 0.850. The largest absolute Gasteiger partial charge is 0.395 e. The summed E-state index contributed by atoms with van der Waals surface area (Å²) in [5, 5.41) is 9.03. The molecule has 0 aliphatic carbocycles. The molecular weight excluding hydrogens is 284 g/mol. The molecule has 1 heterocycles. The van der Waals surface area contributed by atoms with Crippen molar-refractivity contribution in [2.24, 2.45) is 4.99 Å². The quantitative estimate of drug-likeness (QED) is 0.322. The third-order valence-electron chi connectivity index (χ3n) is 4.77. The zero-order valence-corrected chi connectivity index (χ0v) is 15.1. The summed E-state index contributed by atoms with van der Waals surface area (Å²) in [5.41, 5.74) is 0. The van der Waals surface area contributed by atoms with Crippen LogP contribution in [0.15, 0.2) is 17.6 Å². The number of aliphatic hydroxyl groups excluding tert-OH is 1. The van der Waals surface area contributed by atoms with E-state index in [4.69, 9.17) is 5.11 Å². The van der Waals surface area contributed by atoms with Crippen molar-refractivity contribution in [3.05, 3.63) is 12.7 Å². The molecule has 1 N–H and O–H groups in total. The maximum absolute atomic E-state index is 9.03. The Morgan fingerprint density at radius 2 is 1.52 bits per heavy atom. The molecule has 1 aliphatic rings. The molecule has 0 saturated carbocycles. The molecule has 3 heteroatoms. The number of hydrogen-bond donors (Lipinski definition) is 1. The number of hydrogen-bond acceptors (Lipinski definition) is 3. The minimum Gasteiger partial charge on any atom is -0.395 e. The second-order valence-electron chi connectivity index (χ2n) is 6.79. The van der Waals surface area contributed by atoms with Gasteiger partial charge in [0.15, 0.2) is 0 Å². The lowest BCUT2D eigenvalue weighted by Crippen LogP contribution is -2.32. The van der Waals surface area contributed by atoms with Crippen molar-refractivity contribution >= 4 is 6.21 Å². The first kappa shape index (κ1) is 20.4. The van der Waals surface area contributed by atoms with E-state index in [1.807, 2.05) is 12.3 Å². The zero-order chi connectivity index (χ0) is 16.6. The van der Waals surface area contributed by atoms with E-state index in [0.717, 1.165) is 19.5 Å². The van der Waals surface area contributed by atoms with Gasteiger partial charge in [-0.1, -0.05) is 63.9 Å². The highest BCUT2D eigenvalue weighted by molar-refractivity contribution is 5.62. The lowest BCUT2D eigenvalue weighted by Gasteiger charge is -2.21. The molecule has 3 nitrogen and oxygen atoms in total. The lowest BCUT2D eigenvalue weighted by atomic mass is 10.0. The van der Waals surface area contributed by atoms with Crippen molar-refractivity contribution in [2.75, 3.05) is 19.7 Å². The molecule has 0 bridgehead atoms. The van der Waals surface area contributed by atoms with Crippen molar-refractivity contribution in [3.63, 3.8) is 0 Å². The van der Waals surface area contributed by atoms with Gasteiger partial charge in [0.2, 0.25) is 0 Å². The third kappa shape index (κ3) is 10.7. The molecule has 0 aromatic rings. The first-order valence-electron chi connectivity index (χ1n) is 9.86. The van der Waals surface area contributed by atoms with Gasteiger partial charge in [0.05, 0.1) is 6.61 Å². The van der Waals surface area contributed by atoms with Crippen LogP contribution in [-0.2, 0) is 0 Å². The van der Waals surface area contributed by atoms with Gasteiger partial charge in [0.25, 0.3) is 0 Å². The second-order valence-corrected chi connectivity index (χ2v) is 6.79. The average molecular weight is 323 g/mol. The van der Waals surface area contributed by atoms with Gasteiger partial charge in [0, 0.05) is 19.3 Å². The van der Waals surface area contributed by atoms with E-state index >= 15 is 0 Å². The predicted octanol–water partition coefficient (Wildman–Crippen LogP) is 4.95. The SMILES string of the molecule is C=CCCCCCCCCCCCCCC1N=CCN1CCO. The van der Waals surface area contributed by atoms with Crippen LogP contribution < -0.4 is 0 Å². The number of aliphatic hydroxyl groups is 1. The van der Waals surface area contributed by atoms with Crippen LogP contribution >= 0.6 is 0 Å². The number of nitrogens with zero attached hydrogens (tertiary/aromatic N) is 2. The highest BCUT2D eigenvalue weighted by atomic mass is 16.3. The second kappa shape index (κ2) is 14.9. The zero-order valence-electron chi connectivity index (χ0n) is 15.1. The van der Waals surface area contributed by atoms with Crippen LogP contribution in [0.2, 0.25) is 0 Å². The summed E-state index contributed by atoms with van der Waals surface area (Å²) in [4.78, 5) is 6.79. The van der Waals surface area contributed by atoms with Gasteiger partial charge in [0.1, 0.15) is 6.17 Å². The van der Waals surface area contributed by atoms with E-state index in [1.165, 1.54) is 77.0 Å². The van der Waals surface area contributed by atoms with Crippen molar-refractivity contribution in [3.8, 4) is 0 Å². The van der Waals surface area contributed by atoms with E-state index < -0.39 is 0 Å². The minimum atomic E-state index is 0.244. The van der Waals surface area contributed by atoms with Crippen LogP contribution in [0, 0.1) is 0 Å². The Bertz CT molecular complexity index is 304. The normalized spacial score (nSPS) is 17.9. The van der Waals surface area contributed by atoms with Crippen molar-refractivity contribution in [1.82, 2.24) is 4.90 Å². The monoisotopic (exact) mass is 322 g/mol. The molecule has 0 aromatic heterocycles. The highest BCUT2D eigenvalue weighted by Crippen LogP contribution is 2.16. The molecule has 0 aromatic carbocycles. The molecular formula is C20H38N2O. The number of aliphatic imine (C=N–C) groups is 1. The molecule has 1 atom stereocenters. The summed E-state index contributed by atoms with van der Waals surface area (Å²) in [6, 6.07) is 0. The van der Waals surface area contributed by atoms with Gasteiger partial charge in [-0.2, -0.15) is 0 Å². The van der Waals surface area contributed by atoms with Crippen LogP contribution in [-0.4, -0.2) is 42.1 Å². The topological polar surface area (TPSA) is 35.8 Å². The number of β-amino-alcohol motifs (C(OH)–C–C–N with tert-alkyl or cyclic N) is 1. The van der Waals surface area contributed by atoms with Gasteiger partial charge in [-0.05, 0) is 25.7 Å². The fourth-order valence-corrected chi connectivity index (χ4v) is 3.32. The van der Waals surface area contributed by atoms with Crippen molar-refractivity contribution in [2.45, 2.75) is 89.6 Å². The molecule has 0 fully saturated rings. The Morgan fingerprint density at radius 1 is 0.957 bits per heavy atom. The third-order valence-corrected chi connectivity index (χ3v) is 4.77. The highest BCUT2D eigenvalue weighted by Gasteiger charge is 2.19. The Kier molecular flexibility index (Phi) is 13.2. The first-order valence-corrected chi connectivity index (χ1v) is 9.86. The van der Waals surface area contributed by atoms with Crippen molar-refractivity contribution < 1.29 is 5.11 Å². The van der Waals surface area contributed by atoms with Crippen LogP contribution in [0.3, 0.4) is 0 Å². The maximum Gasteiger partial charge on any atom is 0.102 e. The molecule has 134 valence electrons. The average Bonchev–Trinajstić information content (AvgIpc) is 2.99. The fourth-order valence-electron chi connectivity index (χ4n) is 3.32. The Labute approximate surface area is 143 Å². The minimum absolute atomic E-state index is 0.244. The van der Waals surface area contributed by atoms with Crippen LogP contribution in [0.4, 0.5) is 0 Å². The number of unbranched alkanes of at least 4 members (excludes halogenated alkanes) is 11. The van der Waals surface area contributed by atoms with Crippen LogP contribution in [0.5, 0.6) is 0 Å². The lowest BCUT2D eigenvalue weighted by molar-refractivity contribution is 0.176. The summed E-state index contributed by atoms with van der Waals surface area (Å²) in [6.45, 7) is 5.69. The van der Waals surface area contributed by atoms with Crippen molar-refractivity contribution in [1.29, 1.82) is 0 Å². The first-order chi connectivity index (χ1) is 11.4. The van der Waals surface area contributed by atoms with E-state index in [1.54, 1.807) is 0 Å². The molecule has 0 saturated heterocycles. The molecule has 0 radical (unpaired) electrons.